The maximum Gasteiger partial charge on any atom is 0.168 e. The Kier molecular flexibility index (Phi) is 6.33. The number of piperazine rings is 1. The average molecular weight is 375 g/mol. The van der Waals surface area contributed by atoms with Crippen LogP contribution < -0.4 is 4.90 Å². The molecule has 1 saturated carbocycles. The van der Waals surface area contributed by atoms with E-state index in [2.05, 4.69) is 34.1 Å². The van der Waals surface area contributed by atoms with Crippen LogP contribution in [0.25, 0.3) is 0 Å². The van der Waals surface area contributed by atoms with Crippen LogP contribution in [0.4, 0.5) is 5.69 Å². The predicted octanol–water partition coefficient (Wildman–Crippen LogP) is 3.28. The Morgan fingerprint density at radius 1 is 1.07 bits per heavy atom. The van der Waals surface area contributed by atoms with E-state index in [1.54, 1.807) is 7.11 Å². The molecule has 0 unspecified atom stereocenters. The van der Waals surface area contributed by atoms with Gasteiger partial charge in [-0.2, -0.15) is 0 Å². The smallest absolute Gasteiger partial charge is 0.168 e. The Bertz CT molecular complexity index is 585. The number of nitrogens with zero attached hydrogens (tertiary/aromatic N) is 2. The highest BCUT2D eigenvalue weighted by Crippen LogP contribution is 2.39. The van der Waals surface area contributed by atoms with Gasteiger partial charge in [0, 0.05) is 51.8 Å². The molecule has 3 fully saturated rings. The van der Waals surface area contributed by atoms with Gasteiger partial charge in [-0.05, 0) is 49.4 Å². The monoisotopic (exact) mass is 374 g/mol. The molecule has 2 heterocycles. The number of ether oxygens (including phenoxy) is 3. The summed E-state index contributed by atoms with van der Waals surface area (Å²) >= 11 is 0. The molecule has 3 aliphatic rings. The van der Waals surface area contributed by atoms with Crippen molar-refractivity contribution < 1.29 is 14.2 Å². The van der Waals surface area contributed by atoms with E-state index in [-0.39, 0.29) is 5.79 Å². The second-order valence-corrected chi connectivity index (χ2v) is 8.27. The molecule has 1 aliphatic carbocycles. The first kappa shape index (κ1) is 19.2. The molecule has 0 amide bonds. The van der Waals surface area contributed by atoms with Gasteiger partial charge in [-0.1, -0.05) is 12.1 Å². The van der Waals surface area contributed by atoms with E-state index >= 15 is 0 Å². The van der Waals surface area contributed by atoms with Crippen molar-refractivity contribution >= 4 is 5.69 Å². The van der Waals surface area contributed by atoms with Gasteiger partial charge in [-0.25, -0.2) is 0 Å². The molecule has 27 heavy (non-hydrogen) atoms. The van der Waals surface area contributed by atoms with E-state index in [1.165, 1.54) is 37.1 Å². The summed E-state index contributed by atoms with van der Waals surface area (Å²) < 4.78 is 17.0. The summed E-state index contributed by atoms with van der Waals surface area (Å²) in [6.07, 6.45) is 6.00. The Hall–Kier alpha value is -1.14. The lowest BCUT2D eigenvalue weighted by molar-refractivity contribution is -0.182. The zero-order chi connectivity index (χ0) is 18.5. The van der Waals surface area contributed by atoms with E-state index in [4.69, 9.17) is 14.2 Å². The summed E-state index contributed by atoms with van der Waals surface area (Å²) in [5.41, 5.74) is 2.58. The number of methoxy groups -OCH3 is 1. The van der Waals surface area contributed by atoms with Gasteiger partial charge < -0.3 is 19.1 Å². The van der Waals surface area contributed by atoms with Crippen LogP contribution in [0.3, 0.4) is 0 Å². The van der Waals surface area contributed by atoms with Crippen LogP contribution in [0.1, 0.15) is 37.7 Å². The fourth-order valence-corrected chi connectivity index (χ4v) is 4.80. The zero-order valence-electron chi connectivity index (χ0n) is 16.7. The highest BCUT2D eigenvalue weighted by atomic mass is 16.7. The lowest BCUT2D eigenvalue weighted by Crippen LogP contribution is -2.47. The minimum Gasteiger partial charge on any atom is -0.380 e. The number of benzene rings is 1. The quantitative estimate of drug-likeness (QED) is 0.763. The zero-order valence-corrected chi connectivity index (χ0v) is 16.7. The summed E-state index contributed by atoms with van der Waals surface area (Å²) in [6, 6.07) is 8.77. The topological polar surface area (TPSA) is 34.2 Å². The van der Waals surface area contributed by atoms with Crippen molar-refractivity contribution in [1.82, 2.24) is 4.90 Å². The molecule has 4 rings (SSSR count). The maximum absolute atomic E-state index is 5.86. The van der Waals surface area contributed by atoms with Gasteiger partial charge in [-0.3, -0.25) is 4.90 Å². The van der Waals surface area contributed by atoms with E-state index in [0.717, 1.165) is 58.2 Å². The summed E-state index contributed by atoms with van der Waals surface area (Å²) in [6.45, 7) is 8.04. The Balaban J connectivity index is 1.18. The first-order valence-corrected chi connectivity index (χ1v) is 10.6. The van der Waals surface area contributed by atoms with Crippen LogP contribution in [0, 0.1) is 5.92 Å². The van der Waals surface area contributed by atoms with Crippen LogP contribution in [0.5, 0.6) is 0 Å². The van der Waals surface area contributed by atoms with Gasteiger partial charge in [0.05, 0.1) is 19.8 Å². The van der Waals surface area contributed by atoms with E-state index in [9.17, 15) is 0 Å². The SMILES string of the molecule is COCc1cccc(N2CCN(CCC3CCC4(CC3)OCCO4)CC2)c1. The molecule has 1 aromatic carbocycles. The third-order valence-corrected chi connectivity index (χ3v) is 6.49. The van der Waals surface area contributed by atoms with Gasteiger partial charge >= 0.3 is 0 Å². The van der Waals surface area contributed by atoms with Crippen molar-refractivity contribution in [2.45, 2.75) is 44.5 Å². The van der Waals surface area contributed by atoms with E-state index in [0.29, 0.717) is 6.61 Å². The van der Waals surface area contributed by atoms with Gasteiger partial charge in [0.25, 0.3) is 0 Å². The molecule has 0 atom stereocenters. The van der Waals surface area contributed by atoms with E-state index in [1.807, 2.05) is 0 Å². The van der Waals surface area contributed by atoms with Crippen molar-refractivity contribution in [1.29, 1.82) is 0 Å². The van der Waals surface area contributed by atoms with Crippen LogP contribution in [0.15, 0.2) is 24.3 Å². The minimum absolute atomic E-state index is 0.209. The second-order valence-electron chi connectivity index (χ2n) is 8.27. The Morgan fingerprint density at radius 3 is 2.52 bits per heavy atom. The second kappa shape index (κ2) is 8.91. The number of anilines is 1. The molecule has 0 radical (unpaired) electrons. The van der Waals surface area contributed by atoms with Crippen LogP contribution in [0.2, 0.25) is 0 Å². The van der Waals surface area contributed by atoms with Gasteiger partial charge in [-0.15, -0.1) is 0 Å². The van der Waals surface area contributed by atoms with Crippen LogP contribution >= 0.6 is 0 Å². The molecule has 150 valence electrons. The van der Waals surface area contributed by atoms with Gasteiger partial charge in [0.2, 0.25) is 0 Å². The Labute approximate surface area is 163 Å². The standard InChI is InChI=1S/C22H34N2O3/c1-25-18-20-3-2-4-21(17-20)24-13-11-23(12-14-24)10-7-19-5-8-22(9-6-19)26-15-16-27-22/h2-4,17,19H,5-16,18H2,1H3. The minimum atomic E-state index is -0.209. The van der Waals surface area contributed by atoms with Gasteiger partial charge in [0.1, 0.15) is 0 Å². The molecule has 2 saturated heterocycles. The van der Waals surface area contributed by atoms with Crippen molar-refractivity contribution in [3.63, 3.8) is 0 Å². The number of hydrogen-bond acceptors (Lipinski definition) is 5. The summed E-state index contributed by atoms with van der Waals surface area (Å²) in [7, 11) is 1.76. The molecule has 0 N–H and O–H groups in total. The molecule has 0 aromatic heterocycles. The number of hydrogen-bond donors (Lipinski definition) is 0. The lowest BCUT2D eigenvalue weighted by atomic mass is 9.83. The van der Waals surface area contributed by atoms with Gasteiger partial charge in [0.15, 0.2) is 5.79 Å². The number of rotatable bonds is 6. The van der Waals surface area contributed by atoms with E-state index < -0.39 is 0 Å². The molecule has 5 nitrogen and oxygen atoms in total. The summed E-state index contributed by atoms with van der Waals surface area (Å²) in [5.74, 6) is 0.631. The fraction of sp³-hybridized carbons (Fsp3) is 0.727. The highest BCUT2D eigenvalue weighted by molar-refractivity contribution is 5.49. The predicted molar refractivity (Wildman–Crippen MR) is 107 cm³/mol. The van der Waals surface area contributed by atoms with Crippen molar-refractivity contribution in [3.8, 4) is 0 Å². The average Bonchev–Trinajstić information content (AvgIpc) is 3.17. The van der Waals surface area contributed by atoms with Crippen LogP contribution in [-0.2, 0) is 20.8 Å². The lowest BCUT2D eigenvalue weighted by Gasteiger charge is -2.38. The molecule has 0 bridgehead atoms. The molecule has 5 heteroatoms. The third kappa shape index (κ3) is 4.83. The molecule has 2 aliphatic heterocycles. The first-order chi connectivity index (χ1) is 13.3. The largest absolute Gasteiger partial charge is 0.380 e. The third-order valence-electron chi connectivity index (χ3n) is 6.49. The summed E-state index contributed by atoms with van der Waals surface area (Å²) in [4.78, 5) is 5.15. The van der Waals surface area contributed by atoms with Crippen molar-refractivity contribution in [2.24, 2.45) is 5.92 Å². The van der Waals surface area contributed by atoms with Crippen LogP contribution in [-0.4, -0.2) is 63.7 Å². The molecular formula is C22H34N2O3. The molecule has 1 aromatic rings. The summed E-state index contributed by atoms with van der Waals surface area (Å²) in [5, 5.41) is 0. The maximum atomic E-state index is 5.86. The fourth-order valence-electron chi connectivity index (χ4n) is 4.80. The highest BCUT2D eigenvalue weighted by Gasteiger charge is 2.40. The Morgan fingerprint density at radius 2 is 1.81 bits per heavy atom. The molecular weight excluding hydrogens is 340 g/mol. The normalized spacial score (nSPS) is 24.0. The first-order valence-electron chi connectivity index (χ1n) is 10.6. The molecule has 1 spiro atoms. The van der Waals surface area contributed by atoms with Crippen molar-refractivity contribution in [2.75, 3.05) is 57.9 Å². The van der Waals surface area contributed by atoms with Crippen molar-refractivity contribution in [3.05, 3.63) is 29.8 Å².